The van der Waals surface area contributed by atoms with Crippen molar-refractivity contribution in [3.63, 3.8) is 0 Å². The monoisotopic (exact) mass is 300 g/mol. The second-order valence-electron chi connectivity index (χ2n) is 5.86. The van der Waals surface area contributed by atoms with Gasteiger partial charge in [0.25, 0.3) is 0 Å². The number of benzene rings is 3. The quantitative estimate of drug-likeness (QED) is 0.786. The topological polar surface area (TPSA) is 15.3 Å². The van der Waals surface area contributed by atoms with Crippen LogP contribution in [0, 0.1) is 0 Å². The van der Waals surface area contributed by atoms with Gasteiger partial charge in [-0.15, -0.1) is 0 Å². The highest BCUT2D eigenvalue weighted by molar-refractivity contribution is 5.57. The Kier molecular flexibility index (Phi) is 3.60. The predicted molar refractivity (Wildman–Crippen MR) is 95.5 cm³/mol. The van der Waals surface area contributed by atoms with E-state index >= 15 is 0 Å². The molecule has 4 rings (SSSR count). The number of nitrogens with one attached hydrogen (secondary N) is 1. The normalized spacial score (nSPS) is 16.4. The lowest BCUT2D eigenvalue weighted by molar-refractivity contribution is 0.476. The highest BCUT2D eigenvalue weighted by atomic mass is 15.4. The summed E-state index contributed by atoms with van der Waals surface area (Å²) < 4.78 is 0. The van der Waals surface area contributed by atoms with E-state index < -0.39 is 0 Å². The van der Waals surface area contributed by atoms with Gasteiger partial charge in [0.1, 0.15) is 5.66 Å². The van der Waals surface area contributed by atoms with Gasteiger partial charge in [-0.1, -0.05) is 78.9 Å². The van der Waals surface area contributed by atoms with Gasteiger partial charge in [0.05, 0.1) is 0 Å². The molecule has 3 aromatic rings. The number of hydrogen-bond acceptors (Lipinski definition) is 2. The van der Waals surface area contributed by atoms with Crippen LogP contribution in [0.1, 0.15) is 11.1 Å². The van der Waals surface area contributed by atoms with Gasteiger partial charge in [-0.05, 0) is 23.3 Å². The Morgan fingerprint density at radius 1 is 0.652 bits per heavy atom. The summed E-state index contributed by atoms with van der Waals surface area (Å²) in [4.78, 5) is 2.47. The third-order valence-electron chi connectivity index (χ3n) is 4.57. The molecule has 3 aromatic carbocycles. The van der Waals surface area contributed by atoms with Crippen LogP contribution >= 0.6 is 0 Å². The molecular formula is C21H20N2. The van der Waals surface area contributed by atoms with Gasteiger partial charge in [-0.25, -0.2) is 0 Å². The lowest BCUT2D eigenvalue weighted by Crippen LogP contribution is -2.49. The van der Waals surface area contributed by atoms with E-state index in [1.807, 2.05) is 0 Å². The molecule has 114 valence electrons. The van der Waals surface area contributed by atoms with Crippen molar-refractivity contribution in [2.24, 2.45) is 0 Å². The van der Waals surface area contributed by atoms with Gasteiger partial charge in [0.15, 0.2) is 0 Å². The summed E-state index contributed by atoms with van der Waals surface area (Å²) in [6.45, 7) is 1.94. The first kappa shape index (κ1) is 14.0. The first-order chi connectivity index (χ1) is 11.4. The Hall–Kier alpha value is -2.58. The third kappa shape index (κ3) is 2.32. The minimum absolute atomic E-state index is 0.316. The van der Waals surface area contributed by atoms with E-state index in [4.69, 9.17) is 0 Å². The molecule has 0 atom stereocenters. The molecule has 1 heterocycles. The molecule has 0 aromatic heterocycles. The molecule has 23 heavy (non-hydrogen) atoms. The molecule has 1 fully saturated rings. The number of para-hydroxylation sites is 1. The SMILES string of the molecule is c1ccc(N2CCNC2(c2ccccc2)c2ccccc2)cc1. The van der Waals surface area contributed by atoms with Crippen molar-refractivity contribution in [2.75, 3.05) is 18.0 Å². The first-order valence-corrected chi connectivity index (χ1v) is 8.10. The maximum atomic E-state index is 3.78. The zero-order chi connectivity index (χ0) is 15.5. The third-order valence-corrected chi connectivity index (χ3v) is 4.57. The van der Waals surface area contributed by atoms with E-state index in [2.05, 4.69) is 101 Å². The average Bonchev–Trinajstić information content (AvgIpc) is 3.10. The summed E-state index contributed by atoms with van der Waals surface area (Å²) in [6, 6.07) is 32.1. The Balaban J connectivity index is 1.93. The summed E-state index contributed by atoms with van der Waals surface area (Å²) >= 11 is 0. The Morgan fingerprint density at radius 2 is 1.13 bits per heavy atom. The number of anilines is 1. The molecule has 0 unspecified atom stereocenters. The standard InChI is InChI=1S/C21H20N2/c1-4-10-18(11-5-1)21(19-12-6-2-7-13-19)22-16-17-23(21)20-14-8-3-9-15-20/h1-15,22H,16-17H2. The zero-order valence-corrected chi connectivity index (χ0v) is 13.0. The largest absolute Gasteiger partial charge is 0.344 e. The Morgan fingerprint density at radius 3 is 1.65 bits per heavy atom. The fraction of sp³-hybridized carbons (Fsp3) is 0.143. The van der Waals surface area contributed by atoms with Crippen molar-refractivity contribution in [1.29, 1.82) is 0 Å². The van der Waals surface area contributed by atoms with Crippen molar-refractivity contribution in [3.05, 3.63) is 102 Å². The number of rotatable bonds is 3. The van der Waals surface area contributed by atoms with Crippen LogP contribution in [-0.2, 0) is 5.66 Å². The maximum Gasteiger partial charge on any atom is 0.144 e. The summed E-state index contributed by atoms with van der Waals surface area (Å²) in [5.74, 6) is 0. The fourth-order valence-corrected chi connectivity index (χ4v) is 3.58. The van der Waals surface area contributed by atoms with E-state index in [0.717, 1.165) is 13.1 Å². The lowest BCUT2D eigenvalue weighted by atomic mass is 9.90. The summed E-state index contributed by atoms with van der Waals surface area (Å²) in [7, 11) is 0. The van der Waals surface area contributed by atoms with Crippen LogP contribution in [0.25, 0.3) is 0 Å². The summed E-state index contributed by atoms with van der Waals surface area (Å²) in [6.07, 6.45) is 0. The second-order valence-corrected chi connectivity index (χ2v) is 5.86. The second kappa shape index (κ2) is 5.90. The molecule has 0 aliphatic carbocycles. The van der Waals surface area contributed by atoms with Crippen molar-refractivity contribution in [1.82, 2.24) is 5.32 Å². The predicted octanol–water partition coefficient (Wildman–Crippen LogP) is 4.00. The van der Waals surface area contributed by atoms with Gasteiger partial charge in [-0.2, -0.15) is 0 Å². The summed E-state index contributed by atoms with van der Waals surface area (Å²) in [5.41, 5.74) is 3.47. The molecular weight excluding hydrogens is 280 g/mol. The van der Waals surface area contributed by atoms with Crippen LogP contribution in [0.3, 0.4) is 0 Å². The molecule has 0 bridgehead atoms. The molecule has 0 saturated carbocycles. The smallest absolute Gasteiger partial charge is 0.144 e. The first-order valence-electron chi connectivity index (χ1n) is 8.10. The minimum atomic E-state index is -0.316. The molecule has 2 nitrogen and oxygen atoms in total. The minimum Gasteiger partial charge on any atom is -0.344 e. The van der Waals surface area contributed by atoms with Gasteiger partial charge < -0.3 is 4.90 Å². The fourth-order valence-electron chi connectivity index (χ4n) is 3.58. The summed E-state index contributed by atoms with van der Waals surface area (Å²) in [5, 5.41) is 3.78. The van der Waals surface area contributed by atoms with Gasteiger partial charge in [0, 0.05) is 18.8 Å². The molecule has 1 saturated heterocycles. The number of nitrogens with zero attached hydrogens (tertiary/aromatic N) is 1. The van der Waals surface area contributed by atoms with E-state index in [0.29, 0.717) is 0 Å². The molecule has 0 radical (unpaired) electrons. The van der Waals surface area contributed by atoms with Crippen LogP contribution in [-0.4, -0.2) is 13.1 Å². The molecule has 1 aliphatic rings. The van der Waals surface area contributed by atoms with Crippen LogP contribution < -0.4 is 10.2 Å². The van der Waals surface area contributed by atoms with E-state index in [9.17, 15) is 0 Å². The van der Waals surface area contributed by atoms with Crippen LogP contribution in [0.4, 0.5) is 5.69 Å². The molecule has 0 spiro atoms. The molecule has 1 N–H and O–H groups in total. The average molecular weight is 300 g/mol. The van der Waals surface area contributed by atoms with E-state index in [1.54, 1.807) is 0 Å². The zero-order valence-electron chi connectivity index (χ0n) is 13.0. The van der Waals surface area contributed by atoms with Gasteiger partial charge in [0.2, 0.25) is 0 Å². The van der Waals surface area contributed by atoms with Gasteiger partial charge >= 0.3 is 0 Å². The highest BCUT2D eigenvalue weighted by Crippen LogP contribution is 2.39. The highest BCUT2D eigenvalue weighted by Gasteiger charge is 2.43. The maximum absolute atomic E-state index is 3.78. The van der Waals surface area contributed by atoms with Crippen LogP contribution in [0.5, 0.6) is 0 Å². The van der Waals surface area contributed by atoms with E-state index in [-0.39, 0.29) is 5.66 Å². The van der Waals surface area contributed by atoms with Crippen molar-refractivity contribution in [3.8, 4) is 0 Å². The van der Waals surface area contributed by atoms with Crippen molar-refractivity contribution < 1.29 is 0 Å². The van der Waals surface area contributed by atoms with Crippen molar-refractivity contribution in [2.45, 2.75) is 5.66 Å². The van der Waals surface area contributed by atoms with E-state index in [1.165, 1.54) is 16.8 Å². The molecule has 0 amide bonds. The van der Waals surface area contributed by atoms with Gasteiger partial charge in [-0.3, -0.25) is 5.32 Å². The number of hydrogen-bond donors (Lipinski definition) is 1. The van der Waals surface area contributed by atoms with Crippen LogP contribution in [0.2, 0.25) is 0 Å². The van der Waals surface area contributed by atoms with Crippen molar-refractivity contribution >= 4 is 5.69 Å². The molecule has 1 aliphatic heterocycles. The Bertz CT molecular complexity index is 714. The lowest BCUT2D eigenvalue weighted by Gasteiger charge is -2.41. The van der Waals surface area contributed by atoms with Crippen LogP contribution in [0.15, 0.2) is 91.0 Å². The Labute approximate surface area is 137 Å². The molecule has 2 heteroatoms.